The van der Waals surface area contributed by atoms with Crippen LogP contribution in [0.5, 0.6) is 0 Å². The molecule has 0 spiro atoms. The van der Waals surface area contributed by atoms with E-state index in [0.717, 1.165) is 13.0 Å². The third-order valence-electron chi connectivity index (χ3n) is 1.85. The van der Waals surface area contributed by atoms with Gasteiger partial charge in [0.2, 0.25) is 0 Å². The van der Waals surface area contributed by atoms with Gasteiger partial charge in [0.05, 0.1) is 6.54 Å². The summed E-state index contributed by atoms with van der Waals surface area (Å²) in [5.74, 6) is -0.781. The van der Waals surface area contributed by atoms with Gasteiger partial charge in [-0.2, -0.15) is 0 Å². The normalized spacial score (nSPS) is 10.6. The van der Waals surface area contributed by atoms with Crippen molar-refractivity contribution in [3.8, 4) is 0 Å². The van der Waals surface area contributed by atoms with Gasteiger partial charge < -0.3 is 10.1 Å². The van der Waals surface area contributed by atoms with E-state index in [2.05, 4.69) is 4.98 Å². The Morgan fingerprint density at radius 3 is 3.00 bits per heavy atom. The van der Waals surface area contributed by atoms with Crippen LogP contribution in [-0.4, -0.2) is 41.1 Å². The van der Waals surface area contributed by atoms with Crippen LogP contribution in [0.15, 0.2) is 18.5 Å². The first-order chi connectivity index (χ1) is 6.18. The van der Waals surface area contributed by atoms with Crippen molar-refractivity contribution >= 4 is 5.97 Å². The lowest BCUT2D eigenvalue weighted by Crippen LogP contribution is -2.27. The van der Waals surface area contributed by atoms with Crippen LogP contribution in [0.2, 0.25) is 0 Å². The van der Waals surface area contributed by atoms with Crippen molar-refractivity contribution in [3.63, 3.8) is 0 Å². The van der Waals surface area contributed by atoms with E-state index < -0.39 is 5.97 Å². The van der Waals surface area contributed by atoms with Crippen molar-refractivity contribution in [3.05, 3.63) is 24.0 Å². The van der Waals surface area contributed by atoms with E-state index >= 15 is 0 Å². The predicted octanol–water partition coefficient (Wildman–Crippen LogP) is 0.574. The molecule has 1 heterocycles. The maximum absolute atomic E-state index is 10.3. The number of rotatable bonds is 5. The van der Waals surface area contributed by atoms with E-state index in [1.165, 1.54) is 5.56 Å². The molecular weight excluding hydrogens is 168 g/mol. The lowest BCUT2D eigenvalue weighted by Gasteiger charge is -2.12. The second-order valence-corrected chi connectivity index (χ2v) is 3.10. The molecule has 0 radical (unpaired) electrons. The molecule has 0 aromatic carbocycles. The summed E-state index contributed by atoms with van der Waals surface area (Å²) in [6.07, 6.45) is 4.68. The molecule has 0 bridgehead atoms. The molecule has 13 heavy (non-hydrogen) atoms. The zero-order valence-electron chi connectivity index (χ0n) is 7.66. The van der Waals surface area contributed by atoms with Crippen LogP contribution in [0.4, 0.5) is 0 Å². The quantitative estimate of drug-likeness (QED) is 0.700. The van der Waals surface area contributed by atoms with E-state index in [0.29, 0.717) is 0 Å². The van der Waals surface area contributed by atoms with Gasteiger partial charge in [0.1, 0.15) is 0 Å². The molecule has 0 aliphatic rings. The van der Waals surface area contributed by atoms with Crippen LogP contribution in [0, 0.1) is 0 Å². The summed E-state index contributed by atoms with van der Waals surface area (Å²) in [5, 5.41) is 8.49. The average Bonchev–Trinajstić information content (AvgIpc) is 2.51. The second-order valence-electron chi connectivity index (χ2n) is 3.10. The lowest BCUT2D eigenvalue weighted by molar-refractivity contribution is -0.137. The van der Waals surface area contributed by atoms with Crippen LogP contribution in [0.25, 0.3) is 0 Å². The van der Waals surface area contributed by atoms with Crippen LogP contribution >= 0.6 is 0 Å². The Hall–Kier alpha value is -1.29. The fourth-order valence-corrected chi connectivity index (χ4v) is 1.14. The van der Waals surface area contributed by atoms with Gasteiger partial charge in [0.15, 0.2) is 0 Å². The largest absolute Gasteiger partial charge is 0.480 e. The lowest BCUT2D eigenvalue weighted by atomic mass is 10.2. The van der Waals surface area contributed by atoms with E-state index in [1.807, 2.05) is 18.5 Å². The minimum Gasteiger partial charge on any atom is -0.480 e. The minimum absolute atomic E-state index is 0.102. The molecule has 0 atom stereocenters. The first-order valence-corrected chi connectivity index (χ1v) is 4.20. The molecule has 1 aromatic rings. The van der Waals surface area contributed by atoms with Crippen molar-refractivity contribution in [2.24, 2.45) is 0 Å². The molecule has 1 rings (SSSR count). The number of aliphatic carboxylic acids is 1. The molecule has 0 unspecified atom stereocenters. The zero-order chi connectivity index (χ0) is 9.68. The van der Waals surface area contributed by atoms with E-state index in [9.17, 15) is 4.79 Å². The number of hydrogen-bond donors (Lipinski definition) is 2. The van der Waals surface area contributed by atoms with Gasteiger partial charge in [-0.05, 0) is 25.1 Å². The summed E-state index contributed by atoms with van der Waals surface area (Å²) in [6.45, 7) is 0.870. The van der Waals surface area contributed by atoms with Gasteiger partial charge >= 0.3 is 5.97 Å². The SMILES string of the molecule is CN(CCc1cc[nH]c1)CC(=O)O. The monoisotopic (exact) mass is 182 g/mol. The number of carboxylic acid groups (broad SMARTS) is 1. The number of hydrogen-bond acceptors (Lipinski definition) is 2. The molecule has 2 N–H and O–H groups in total. The molecule has 4 heteroatoms. The number of carboxylic acids is 1. The summed E-state index contributed by atoms with van der Waals surface area (Å²) < 4.78 is 0. The Bertz CT molecular complexity index is 257. The molecule has 0 saturated heterocycles. The molecule has 4 nitrogen and oxygen atoms in total. The maximum atomic E-state index is 10.3. The van der Waals surface area contributed by atoms with Crippen LogP contribution in [0.1, 0.15) is 5.56 Å². The highest BCUT2D eigenvalue weighted by molar-refractivity contribution is 5.68. The van der Waals surface area contributed by atoms with E-state index in [-0.39, 0.29) is 6.54 Å². The Balaban J connectivity index is 2.22. The van der Waals surface area contributed by atoms with Gasteiger partial charge in [-0.15, -0.1) is 0 Å². The molecule has 0 aliphatic carbocycles. The first kappa shape index (κ1) is 9.80. The predicted molar refractivity (Wildman–Crippen MR) is 49.6 cm³/mol. The molecule has 72 valence electrons. The fraction of sp³-hybridized carbons (Fsp3) is 0.444. The number of nitrogens with zero attached hydrogens (tertiary/aromatic N) is 1. The van der Waals surface area contributed by atoms with Crippen molar-refractivity contribution in [1.82, 2.24) is 9.88 Å². The zero-order valence-corrected chi connectivity index (χ0v) is 7.66. The number of carbonyl (C=O) groups is 1. The Morgan fingerprint density at radius 1 is 1.69 bits per heavy atom. The summed E-state index contributed by atoms with van der Waals surface area (Å²) in [5.41, 5.74) is 1.21. The molecule has 0 aliphatic heterocycles. The van der Waals surface area contributed by atoms with E-state index in [4.69, 9.17) is 5.11 Å². The maximum Gasteiger partial charge on any atom is 0.317 e. The number of aromatic nitrogens is 1. The van der Waals surface area contributed by atoms with Gasteiger partial charge in [-0.1, -0.05) is 0 Å². The summed E-state index contributed by atoms with van der Waals surface area (Å²) in [6, 6.07) is 1.99. The smallest absolute Gasteiger partial charge is 0.317 e. The van der Waals surface area contributed by atoms with Crippen molar-refractivity contribution in [2.75, 3.05) is 20.1 Å². The number of likely N-dealkylation sites (N-methyl/N-ethyl adjacent to an activating group) is 1. The van der Waals surface area contributed by atoms with Crippen molar-refractivity contribution in [1.29, 1.82) is 0 Å². The summed E-state index contributed by atoms with van der Waals surface area (Å²) in [4.78, 5) is 15.1. The highest BCUT2D eigenvalue weighted by Crippen LogP contribution is 1.98. The van der Waals surface area contributed by atoms with Gasteiger partial charge in [0.25, 0.3) is 0 Å². The Labute approximate surface area is 77.2 Å². The molecule has 0 saturated carbocycles. The Kier molecular flexibility index (Phi) is 3.52. The fourth-order valence-electron chi connectivity index (χ4n) is 1.14. The van der Waals surface area contributed by atoms with E-state index in [1.54, 1.807) is 11.9 Å². The number of H-pyrrole nitrogens is 1. The van der Waals surface area contributed by atoms with Gasteiger partial charge in [-0.3, -0.25) is 9.69 Å². The van der Waals surface area contributed by atoms with Crippen LogP contribution in [0.3, 0.4) is 0 Å². The van der Waals surface area contributed by atoms with Crippen LogP contribution < -0.4 is 0 Å². The third kappa shape index (κ3) is 3.75. The first-order valence-electron chi connectivity index (χ1n) is 4.20. The highest BCUT2D eigenvalue weighted by atomic mass is 16.4. The number of nitrogens with one attached hydrogen (secondary N) is 1. The molecular formula is C9H14N2O2. The highest BCUT2D eigenvalue weighted by Gasteiger charge is 2.03. The molecule has 1 aromatic heterocycles. The van der Waals surface area contributed by atoms with Gasteiger partial charge in [0, 0.05) is 18.9 Å². The van der Waals surface area contributed by atoms with Crippen LogP contribution in [-0.2, 0) is 11.2 Å². The number of aromatic amines is 1. The average molecular weight is 182 g/mol. The molecule has 0 amide bonds. The van der Waals surface area contributed by atoms with Gasteiger partial charge in [-0.25, -0.2) is 0 Å². The summed E-state index contributed by atoms with van der Waals surface area (Å²) >= 11 is 0. The standard InChI is InChI=1S/C9H14N2O2/c1-11(7-9(12)13)5-3-8-2-4-10-6-8/h2,4,6,10H,3,5,7H2,1H3,(H,12,13). The molecule has 0 fully saturated rings. The second kappa shape index (κ2) is 4.67. The van der Waals surface area contributed by atoms with Crippen molar-refractivity contribution < 1.29 is 9.90 Å². The minimum atomic E-state index is -0.781. The third-order valence-corrected chi connectivity index (χ3v) is 1.85. The summed E-state index contributed by atoms with van der Waals surface area (Å²) in [7, 11) is 1.81. The topological polar surface area (TPSA) is 56.3 Å². The van der Waals surface area contributed by atoms with Crippen molar-refractivity contribution in [2.45, 2.75) is 6.42 Å². The Morgan fingerprint density at radius 2 is 2.46 bits per heavy atom.